The molecule has 0 aromatic heterocycles. The Balaban J connectivity index is 3.29. The molecule has 3 nitrogen and oxygen atoms in total. The molecule has 1 rings (SSSR count). The van der Waals surface area contributed by atoms with Crippen molar-refractivity contribution >= 4 is 11.0 Å². The highest BCUT2D eigenvalue weighted by molar-refractivity contribution is 7.83. The van der Waals surface area contributed by atoms with Crippen LogP contribution >= 0.6 is 0 Å². The summed E-state index contributed by atoms with van der Waals surface area (Å²) in [6, 6.07) is 5.11. The van der Waals surface area contributed by atoms with Gasteiger partial charge >= 0.3 is 0 Å². The lowest BCUT2D eigenvalue weighted by Gasteiger charge is -2.35. The molecular weight excluding hydrogens is 303 g/mol. The molecule has 2 N–H and O–H groups in total. The molecule has 1 aromatic carbocycles. The third kappa shape index (κ3) is 3.84. The molecule has 0 heterocycles. The molecule has 4 atom stereocenters. The van der Waals surface area contributed by atoms with Gasteiger partial charge in [-0.05, 0) is 19.4 Å². The van der Waals surface area contributed by atoms with Crippen molar-refractivity contribution in [1.82, 2.24) is 4.72 Å². The van der Waals surface area contributed by atoms with Crippen molar-refractivity contribution < 1.29 is 22.5 Å². The molecule has 0 aliphatic carbocycles. The van der Waals surface area contributed by atoms with Gasteiger partial charge in [-0.3, -0.25) is 0 Å². The normalized spacial score (nSPS) is 18.8. The van der Waals surface area contributed by atoms with E-state index in [1.807, 2.05) is 0 Å². The van der Waals surface area contributed by atoms with Crippen LogP contribution in [0.5, 0.6) is 0 Å². The minimum atomic E-state index is -2.17. The van der Waals surface area contributed by atoms with Crippen molar-refractivity contribution in [3.8, 4) is 0 Å². The second-order valence-electron chi connectivity index (χ2n) is 4.85. The van der Waals surface area contributed by atoms with Crippen LogP contribution in [0.25, 0.3) is 0 Å². The minimum absolute atomic E-state index is 0.286. The fourth-order valence-corrected chi connectivity index (χ4v) is 3.04. The lowest BCUT2D eigenvalue weighted by molar-refractivity contribution is 0.0744. The molecule has 0 aliphatic rings. The van der Waals surface area contributed by atoms with Crippen LogP contribution in [0.3, 0.4) is 0 Å². The predicted molar refractivity (Wildman–Crippen MR) is 77.1 cm³/mol. The Hall–Kier alpha value is -0.920. The fraction of sp³-hybridized carbons (Fsp3) is 0.571. The standard InChI is InChI=1S/C14H20F3NO2S/c1-3-10(2)21(20)18-14(9-15,13(17)8-19)11-6-4-5-7-12(11)16/h4-7,10,13,18-19H,3,8-9H2,1-2H3/t10-,13-,14-,21?/m1/s1. The summed E-state index contributed by atoms with van der Waals surface area (Å²) < 4.78 is 56.2. The molecule has 0 saturated heterocycles. The zero-order chi connectivity index (χ0) is 16.0. The van der Waals surface area contributed by atoms with Crippen LogP contribution in [-0.4, -0.2) is 34.0 Å². The van der Waals surface area contributed by atoms with Gasteiger partial charge in [0.25, 0.3) is 0 Å². The molecule has 0 aliphatic heterocycles. The van der Waals surface area contributed by atoms with Gasteiger partial charge in [0.2, 0.25) is 0 Å². The summed E-state index contributed by atoms with van der Waals surface area (Å²) >= 11 is 0. The topological polar surface area (TPSA) is 49.3 Å². The number of hydrogen-bond acceptors (Lipinski definition) is 2. The first-order chi connectivity index (χ1) is 9.92. The van der Waals surface area contributed by atoms with Gasteiger partial charge in [0.15, 0.2) is 0 Å². The molecule has 21 heavy (non-hydrogen) atoms. The number of halogens is 3. The van der Waals surface area contributed by atoms with E-state index in [-0.39, 0.29) is 10.8 Å². The summed E-state index contributed by atoms with van der Waals surface area (Å²) in [6.45, 7) is 1.09. The first kappa shape index (κ1) is 18.1. The van der Waals surface area contributed by atoms with Gasteiger partial charge in [-0.15, -0.1) is 0 Å². The molecule has 0 saturated carbocycles. The Kier molecular flexibility index (Phi) is 6.83. The highest BCUT2D eigenvalue weighted by Crippen LogP contribution is 2.31. The molecule has 0 spiro atoms. The largest absolute Gasteiger partial charge is 0.393 e. The second kappa shape index (κ2) is 7.91. The van der Waals surface area contributed by atoms with Gasteiger partial charge in [-0.2, -0.15) is 0 Å². The maximum Gasteiger partial charge on any atom is 0.149 e. The molecule has 1 aromatic rings. The van der Waals surface area contributed by atoms with E-state index in [2.05, 4.69) is 4.72 Å². The van der Waals surface area contributed by atoms with Gasteiger partial charge in [0.05, 0.1) is 17.6 Å². The molecule has 120 valence electrons. The van der Waals surface area contributed by atoms with E-state index in [1.54, 1.807) is 13.8 Å². The Morgan fingerprint density at radius 1 is 1.43 bits per heavy atom. The number of aliphatic hydroxyl groups excluding tert-OH is 1. The van der Waals surface area contributed by atoms with E-state index in [1.165, 1.54) is 18.2 Å². The fourth-order valence-electron chi connectivity index (χ4n) is 1.88. The van der Waals surface area contributed by atoms with Crippen LogP contribution in [-0.2, 0) is 16.5 Å². The van der Waals surface area contributed by atoms with Crippen molar-refractivity contribution in [3.63, 3.8) is 0 Å². The highest BCUT2D eigenvalue weighted by Gasteiger charge is 2.44. The zero-order valence-corrected chi connectivity index (χ0v) is 12.8. The molecular formula is C14H20F3NO2S. The average molecular weight is 323 g/mol. The van der Waals surface area contributed by atoms with E-state index in [0.717, 1.165) is 6.07 Å². The maximum atomic E-state index is 14.2. The Morgan fingerprint density at radius 3 is 2.52 bits per heavy atom. The summed E-state index contributed by atoms with van der Waals surface area (Å²) in [5.74, 6) is -0.820. The van der Waals surface area contributed by atoms with E-state index in [4.69, 9.17) is 5.11 Å². The minimum Gasteiger partial charge on any atom is -0.393 e. The average Bonchev–Trinajstić information content (AvgIpc) is 2.51. The third-order valence-electron chi connectivity index (χ3n) is 3.48. The van der Waals surface area contributed by atoms with Crippen molar-refractivity contribution in [3.05, 3.63) is 35.6 Å². The Morgan fingerprint density at radius 2 is 2.05 bits per heavy atom. The lowest BCUT2D eigenvalue weighted by Crippen LogP contribution is -2.55. The molecule has 1 unspecified atom stereocenters. The van der Waals surface area contributed by atoms with Crippen LogP contribution in [0.15, 0.2) is 24.3 Å². The van der Waals surface area contributed by atoms with E-state index in [9.17, 15) is 17.4 Å². The number of benzene rings is 1. The Bertz CT molecular complexity index is 489. The summed E-state index contributed by atoms with van der Waals surface area (Å²) in [4.78, 5) is 0. The number of hydrogen-bond donors (Lipinski definition) is 2. The number of aliphatic hydroxyl groups is 1. The number of alkyl halides is 2. The van der Waals surface area contributed by atoms with Crippen LogP contribution < -0.4 is 4.72 Å². The third-order valence-corrected chi connectivity index (χ3v) is 5.11. The monoisotopic (exact) mass is 323 g/mol. The van der Waals surface area contributed by atoms with Crippen molar-refractivity contribution in [2.75, 3.05) is 13.3 Å². The highest BCUT2D eigenvalue weighted by atomic mass is 32.2. The lowest BCUT2D eigenvalue weighted by atomic mass is 9.87. The molecule has 7 heteroatoms. The van der Waals surface area contributed by atoms with Crippen molar-refractivity contribution in [1.29, 1.82) is 0 Å². The summed E-state index contributed by atoms with van der Waals surface area (Å²) in [7, 11) is -1.77. The van der Waals surface area contributed by atoms with E-state index < -0.39 is 41.8 Å². The smallest absolute Gasteiger partial charge is 0.149 e. The summed E-state index contributed by atoms with van der Waals surface area (Å²) in [5, 5.41) is 8.69. The molecule has 0 radical (unpaired) electrons. The Labute approximate surface area is 125 Å². The molecule has 0 fully saturated rings. The maximum absolute atomic E-state index is 14.2. The summed E-state index contributed by atoms with van der Waals surface area (Å²) in [5.41, 5.74) is -2.46. The van der Waals surface area contributed by atoms with Gasteiger partial charge in [0.1, 0.15) is 24.2 Å². The van der Waals surface area contributed by atoms with Gasteiger partial charge in [0, 0.05) is 10.8 Å². The quantitative estimate of drug-likeness (QED) is 0.772. The first-order valence-electron chi connectivity index (χ1n) is 6.67. The number of rotatable bonds is 8. The first-order valence-corrected chi connectivity index (χ1v) is 7.88. The van der Waals surface area contributed by atoms with Gasteiger partial charge < -0.3 is 5.11 Å². The van der Waals surface area contributed by atoms with Crippen molar-refractivity contribution in [2.24, 2.45) is 0 Å². The van der Waals surface area contributed by atoms with Crippen LogP contribution in [0.2, 0.25) is 0 Å². The zero-order valence-electron chi connectivity index (χ0n) is 12.0. The van der Waals surface area contributed by atoms with Crippen LogP contribution in [0.4, 0.5) is 13.2 Å². The van der Waals surface area contributed by atoms with Gasteiger partial charge in [-0.1, -0.05) is 25.1 Å². The van der Waals surface area contributed by atoms with Crippen LogP contribution in [0, 0.1) is 5.82 Å². The second-order valence-corrected chi connectivity index (χ2v) is 6.46. The van der Waals surface area contributed by atoms with Crippen LogP contribution in [0.1, 0.15) is 25.8 Å². The van der Waals surface area contributed by atoms with Crippen molar-refractivity contribution in [2.45, 2.75) is 37.2 Å². The predicted octanol–water partition coefficient (Wildman–Crippen LogP) is 2.37. The summed E-state index contributed by atoms with van der Waals surface area (Å²) in [6.07, 6.45) is -1.61. The molecule has 0 amide bonds. The van der Waals surface area contributed by atoms with E-state index in [0.29, 0.717) is 6.42 Å². The molecule has 0 bridgehead atoms. The van der Waals surface area contributed by atoms with Gasteiger partial charge in [-0.25, -0.2) is 22.1 Å². The van der Waals surface area contributed by atoms with E-state index >= 15 is 0 Å². The SMILES string of the molecule is CC[C@@H](C)S(=O)N[C@](CF)(c1ccccc1F)[C@H](F)CO. The number of nitrogens with one attached hydrogen (secondary N) is 1.